The number of ether oxygens (including phenoxy) is 2. The second kappa shape index (κ2) is 5.96. The molecule has 1 saturated heterocycles. The molecule has 2 aromatic carbocycles. The summed E-state index contributed by atoms with van der Waals surface area (Å²) in [6.07, 6.45) is 1.29. The summed E-state index contributed by atoms with van der Waals surface area (Å²) in [7, 11) is 2.80. The topological polar surface area (TPSA) is 42.2 Å². The van der Waals surface area contributed by atoms with E-state index in [1.54, 1.807) is 0 Å². The van der Waals surface area contributed by atoms with Crippen LogP contribution in [0, 0.1) is 11.3 Å². The molecule has 4 rings (SSSR count). The third kappa shape index (κ3) is 2.63. The molecular formula is C19H18NO2P. The van der Waals surface area contributed by atoms with Crippen LogP contribution >= 0.6 is 9.24 Å². The molecule has 0 amide bonds. The predicted molar refractivity (Wildman–Crippen MR) is 93.0 cm³/mol. The van der Waals surface area contributed by atoms with Crippen molar-refractivity contribution in [3.8, 4) is 22.9 Å². The van der Waals surface area contributed by atoms with Crippen molar-refractivity contribution in [2.24, 2.45) is 0 Å². The van der Waals surface area contributed by atoms with E-state index in [1.165, 1.54) is 22.3 Å². The van der Waals surface area contributed by atoms with Crippen LogP contribution in [0.1, 0.15) is 29.0 Å². The SMILES string of the molecule is N#CCCc1cc2c(cc1P)-c1cc(C3COC3)ccc1CO2. The number of nitriles is 1. The molecule has 0 radical (unpaired) electrons. The summed E-state index contributed by atoms with van der Waals surface area (Å²) in [4.78, 5) is 0. The molecule has 2 aliphatic heterocycles. The monoisotopic (exact) mass is 323 g/mol. The van der Waals surface area contributed by atoms with Crippen LogP contribution in [-0.2, 0) is 17.8 Å². The van der Waals surface area contributed by atoms with Gasteiger partial charge in [-0.15, -0.1) is 9.24 Å². The van der Waals surface area contributed by atoms with Crippen LogP contribution in [0.2, 0.25) is 0 Å². The lowest BCUT2D eigenvalue weighted by Gasteiger charge is -2.29. The summed E-state index contributed by atoms with van der Waals surface area (Å²) in [5.74, 6) is 1.45. The first-order valence-electron chi connectivity index (χ1n) is 7.89. The summed E-state index contributed by atoms with van der Waals surface area (Å²) < 4.78 is 11.3. The van der Waals surface area contributed by atoms with Crippen molar-refractivity contribution in [2.45, 2.75) is 25.4 Å². The molecule has 0 spiro atoms. The largest absolute Gasteiger partial charge is 0.488 e. The van der Waals surface area contributed by atoms with E-state index in [2.05, 4.69) is 45.6 Å². The number of rotatable bonds is 3. The van der Waals surface area contributed by atoms with Crippen molar-refractivity contribution >= 4 is 14.5 Å². The fourth-order valence-electron chi connectivity index (χ4n) is 3.18. The van der Waals surface area contributed by atoms with Crippen molar-refractivity contribution < 1.29 is 9.47 Å². The van der Waals surface area contributed by atoms with Gasteiger partial charge in [-0.25, -0.2) is 0 Å². The molecule has 2 aromatic rings. The minimum absolute atomic E-state index is 0.525. The normalized spacial score (nSPS) is 15.8. The lowest BCUT2D eigenvalue weighted by Crippen LogP contribution is -2.25. The van der Waals surface area contributed by atoms with E-state index in [0.29, 0.717) is 18.9 Å². The zero-order valence-electron chi connectivity index (χ0n) is 12.8. The number of aryl methyl sites for hydroxylation is 1. The van der Waals surface area contributed by atoms with Crippen LogP contribution in [0.5, 0.6) is 5.75 Å². The van der Waals surface area contributed by atoms with Crippen LogP contribution in [-0.4, -0.2) is 13.2 Å². The molecule has 1 fully saturated rings. The quantitative estimate of drug-likeness (QED) is 0.814. The Balaban J connectivity index is 1.76. The molecule has 116 valence electrons. The van der Waals surface area contributed by atoms with E-state index in [0.717, 1.165) is 36.3 Å². The Morgan fingerprint density at radius 1 is 1.17 bits per heavy atom. The Morgan fingerprint density at radius 3 is 2.78 bits per heavy atom. The summed E-state index contributed by atoms with van der Waals surface area (Å²) in [5.41, 5.74) is 6.17. The predicted octanol–water partition coefficient (Wildman–Crippen LogP) is 3.32. The van der Waals surface area contributed by atoms with Gasteiger partial charge in [0.1, 0.15) is 12.4 Å². The van der Waals surface area contributed by atoms with Crippen LogP contribution < -0.4 is 10.0 Å². The highest BCUT2D eigenvalue weighted by Crippen LogP contribution is 2.40. The Labute approximate surface area is 138 Å². The maximum Gasteiger partial charge on any atom is 0.127 e. The highest BCUT2D eigenvalue weighted by molar-refractivity contribution is 7.27. The first kappa shape index (κ1) is 14.7. The van der Waals surface area contributed by atoms with Crippen molar-refractivity contribution in [2.75, 3.05) is 13.2 Å². The van der Waals surface area contributed by atoms with Gasteiger partial charge in [0.2, 0.25) is 0 Å². The third-order valence-corrected chi connectivity index (χ3v) is 5.20. The molecule has 0 bridgehead atoms. The summed E-state index contributed by atoms with van der Waals surface area (Å²) in [6, 6.07) is 13.1. The maximum absolute atomic E-state index is 8.80. The Kier molecular flexibility index (Phi) is 3.81. The standard InChI is InChI=1S/C19H18NO2P/c20-5-1-2-13-7-18-17(8-19(13)23)16-6-12(15-9-21-10-15)3-4-14(16)11-22-18/h3-4,6-8,15H,1-2,9-11,23H2. The fraction of sp³-hybridized carbons (Fsp3) is 0.316. The van der Waals surface area contributed by atoms with Crippen LogP contribution in [0.4, 0.5) is 0 Å². The van der Waals surface area contributed by atoms with E-state index < -0.39 is 0 Å². The summed E-state index contributed by atoms with van der Waals surface area (Å²) in [6.45, 7) is 2.26. The lowest BCUT2D eigenvalue weighted by molar-refractivity contribution is 0.00842. The van der Waals surface area contributed by atoms with Gasteiger partial charge in [0.25, 0.3) is 0 Å². The zero-order valence-corrected chi connectivity index (χ0v) is 14.0. The highest BCUT2D eigenvalue weighted by Gasteiger charge is 2.24. The van der Waals surface area contributed by atoms with Crippen LogP contribution in [0.15, 0.2) is 30.3 Å². The molecule has 0 saturated carbocycles. The highest BCUT2D eigenvalue weighted by atomic mass is 31.0. The van der Waals surface area contributed by atoms with Crippen molar-refractivity contribution in [1.82, 2.24) is 0 Å². The van der Waals surface area contributed by atoms with Gasteiger partial charge in [0.05, 0.1) is 19.3 Å². The van der Waals surface area contributed by atoms with E-state index in [4.69, 9.17) is 14.7 Å². The molecule has 3 nitrogen and oxygen atoms in total. The average molecular weight is 323 g/mol. The first-order valence-corrected chi connectivity index (χ1v) is 8.47. The van der Waals surface area contributed by atoms with E-state index in [9.17, 15) is 0 Å². The molecule has 1 unspecified atom stereocenters. The van der Waals surface area contributed by atoms with E-state index in [1.807, 2.05) is 0 Å². The fourth-order valence-corrected chi connectivity index (χ4v) is 3.58. The molecular weight excluding hydrogens is 305 g/mol. The van der Waals surface area contributed by atoms with Gasteiger partial charge < -0.3 is 9.47 Å². The van der Waals surface area contributed by atoms with Gasteiger partial charge in [-0.2, -0.15) is 5.26 Å². The Hall–Kier alpha value is -1.88. The van der Waals surface area contributed by atoms with Crippen LogP contribution in [0.3, 0.4) is 0 Å². The molecule has 0 N–H and O–H groups in total. The molecule has 4 heteroatoms. The van der Waals surface area contributed by atoms with Crippen LogP contribution in [0.25, 0.3) is 11.1 Å². The second-order valence-electron chi connectivity index (χ2n) is 6.14. The smallest absolute Gasteiger partial charge is 0.127 e. The van der Waals surface area contributed by atoms with E-state index >= 15 is 0 Å². The Bertz CT molecular complexity index is 806. The average Bonchev–Trinajstić information content (AvgIpc) is 2.51. The van der Waals surface area contributed by atoms with E-state index in [-0.39, 0.29) is 0 Å². The minimum Gasteiger partial charge on any atom is -0.488 e. The molecule has 0 aromatic heterocycles. The number of benzene rings is 2. The van der Waals surface area contributed by atoms with Gasteiger partial charge in [-0.1, -0.05) is 18.2 Å². The molecule has 2 heterocycles. The van der Waals surface area contributed by atoms with Gasteiger partial charge in [-0.3, -0.25) is 0 Å². The van der Waals surface area contributed by atoms with Gasteiger partial charge in [-0.05, 0) is 46.1 Å². The van der Waals surface area contributed by atoms with Gasteiger partial charge in [0, 0.05) is 17.9 Å². The molecule has 0 aliphatic carbocycles. The number of hydrogen-bond acceptors (Lipinski definition) is 3. The second-order valence-corrected chi connectivity index (χ2v) is 6.77. The molecule has 2 aliphatic rings. The third-order valence-electron chi connectivity index (χ3n) is 4.66. The Morgan fingerprint density at radius 2 is 2.04 bits per heavy atom. The molecule has 23 heavy (non-hydrogen) atoms. The first-order chi connectivity index (χ1) is 11.3. The van der Waals surface area contributed by atoms with Crippen molar-refractivity contribution in [3.05, 3.63) is 47.0 Å². The maximum atomic E-state index is 8.80. The summed E-state index contributed by atoms with van der Waals surface area (Å²) in [5, 5.41) is 9.95. The van der Waals surface area contributed by atoms with Crippen molar-refractivity contribution in [1.29, 1.82) is 5.26 Å². The number of hydrogen-bond donors (Lipinski definition) is 0. The molecule has 1 atom stereocenters. The number of nitrogens with zero attached hydrogens (tertiary/aromatic N) is 1. The van der Waals surface area contributed by atoms with Crippen molar-refractivity contribution in [3.63, 3.8) is 0 Å². The van der Waals surface area contributed by atoms with Gasteiger partial charge >= 0.3 is 0 Å². The zero-order chi connectivity index (χ0) is 15.8. The lowest BCUT2D eigenvalue weighted by atomic mass is 9.89. The summed E-state index contributed by atoms with van der Waals surface area (Å²) >= 11 is 0. The number of fused-ring (bicyclic) bond motifs is 3. The minimum atomic E-state index is 0.525. The van der Waals surface area contributed by atoms with Gasteiger partial charge in [0.15, 0.2) is 0 Å².